The van der Waals surface area contributed by atoms with Crippen LogP contribution in [-0.2, 0) is 0 Å². The molecule has 0 aliphatic carbocycles. The first-order chi connectivity index (χ1) is 6.16. The summed E-state index contributed by atoms with van der Waals surface area (Å²) in [7, 11) is 0. The summed E-state index contributed by atoms with van der Waals surface area (Å²) in [5.41, 5.74) is 1.05. The first-order valence-electron chi connectivity index (χ1n) is 4.26. The van der Waals surface area contributed by atoms with Gasteiger partial charge in [-0.3, -0.25) is 0 Å². The van der Waals surface area contributed by atoms with Gasteiger partial charge in [-0.2, -0.15) is 0 Å². The lowest BCUT2D eigenvalue weighted by atomic mass is 10.0. The molecule has 1 aromatic rings. The van der Waals surface area contributed by atoms with Crippen LogP contribution in [0.1, 0.15) is 31.9 Å². The number of hydrogen-bond donors (Lipinski definition) is 0. The van der Waals surface area contributed by atoms with E-state index in [0.717, 1.165) is 15.7 Å². The molecule has 0 spiro atoms. The summed E-state index contributed by atoms with van der Waals surface area (Å²) in [6, 6.07) is 0. The predicted octanol–water partition coefficient (Wildman–Crippen LogP) is 3.20. The topological polar surface area (TPSA) is 25.8 Å². The molecule has 0 bridgehead atoms. The summed E-state index contributed by atoms with van der Waals surface area (Å²) in [6.07, 6.45) is 4.36. The molecule has 72 valence electrons. The highest BCUT2D eigenvalue weighted by molar-refractivity contribution is 14.1. The summed E-state index contributed by atoms with van der Waals surface area (Å²) < 4.78 is 1.09. The van der Waals surface area contributed by atoms with Crippen molar-refractivity contribution in [2.24, 2.45) is 0 Å². The van der Waals surface area contributed by atoms with Crippen molar-refractivity contribution in [2.45, 2.75) is 31.6 Å². The maximum absolute atomic E-state index is 6.16. The Hall–Kier alpha value is 0.100. The van der Waals surface area contributed by atoms with E-state index in [9.17, 15) is 0 Å². The van der Waals surface area contributed by atoms with Crippen molar-refractivity contribution in [1.82, 2.24) is 9.97 Å². The van der Waals surface area contributed by atoms with E-state index in [-0.39, 0.29) is 5.38 Å². The molecule has 0 amide bonds. The van der Waals surface area contributed by atoms with Crippen LogP contribution in [0, 0.1) is 3.57 Å². The largest absolute Gasteiger partial charge is 0.244 e. The maximum Gasteiger partial charge on any atom is 0.115 e. The lowest BCUT2D eigenvalue weighted by Gasteiger charge is -2.16. The Morgan fingerprint density at radius 2 is 2.31 bits per heavy atom. The third-order valence-electron chi connectivity index (χ3n) is 2.06. The molecule has 0 saturated carbocycles. The second kappa shape index (κ2) is 5.10. The molecule has 13 heavy (non-hydrogen) atoms. The average Bonchev–Trinajstić information content (AvgIpc) is 2.16. The minimum Gasteiger partial charge on any atom is -0.244 e. The summed E-state index contributed by atoms with van der Waals surface area (Å²) in [5.74, 6) is 0.293. The van der Waals surface area contributed by atoms with Gasteiger partial charge in [0.1, 0.15) is 6.33 Å². The summed E-state index contributed by atoms with van der Waals surface area (Å²) >= 11 is 8.40. The Balaban J connectivity index is 2.88. The van der Waals surface area contributed by atoms with E-state index in [1.807, 2.05) is 6.20 Å². The van der Waals surface area contributed by atoms with Gasteiger partial charge in [0.2, 0.25) is 0 Å². The van der Waals surface area contributed by atoms with Gasteiger partial charge in [-0.05, 0) is 29.0 Å². The SMILES string of the molecule is CCC(Cl)C(C)c1ncncc1I. The number of alkyl halides is 1. The quantitative estimate of drug-likeness (QED) is 0.633. The first-order valence-corrected chi connectivity index (χ1v) is 5.77. The fourth-order valence-corrected chi connectivity index (χ4v) is 2.09. The smallest absolute Gasteiger partial charge is 0.115 e. The van der Waals surface area contributed by atoms with Crippen LogP contribution >= 0.6 is 34.2 Å². The molecule has 0 aliphatic heterocycles. The van der Waals surface area contributed by atoms with Crippen molar-refractivity contribution >= 4 is 34.2 Å². The zero-order valence-electron chi connectivity index (χ0n) is 7.67. The van der Waals surface area contributed by atoms with Crippen molar-refractivity contribution in [3.05, 3.63) is 21.8 Å². The van der Waals surface area contributed by atoms with Crippen molar-refractivity contribution in [3.63, 3.8) is 0 Å². The number of halogens is 2. The van der Waals surface area contributed by atoms with Crippen LogP contribution in [0.5, 0.6) is 0 Å². The van der Waals surface area contributed by atoms with Gasteiger partial charge >= 0.3 is 0 Å². The Labute approximate surface area is 97.3 Å². The molecular formula is C9H12ClIN2. The van der Waals surface area contributed by atoms with Crippen LogP contribution < -0.4 is 0 Å². The summed E-state index contributed by atoms with van der Waals surface area (Å²) in [6.45, 7) is 4.19. The molecule has 0 aliphatic rings. The van der Waals surface area contributed by atoms with Gasteiger partial charge in [-0.1, -0.05) is 13.8 Å². The van der Waals surface area contributed by atoms with Crippen molar-refractivity contribution in [2.75, 3.05) is 0 Å². The van der Waals surface area contributed by atoms with Gasteiger partial charge in [-0.25, -0.2) is 9.97 Å². The number of aromatic nitrogens is 2. The zero-order chi connectivity index (χ0) is 9.84. The Bertz CT molecular complexity index is 280. The number of nitrogens with zero attached hydrogens (tertiary/aromatic N) is 2. The molecule has 1 heterocycles. The van der Waals surface area contributed by atoms with Gasteiger partial charge in [0.25, 0.3) is 0 Å². The number of hydrogen-bond acceptors (Lipinski definition) is 2. The molecule has 1 rings (SSSR count). The van der Waals surface area contributed by atoms with E-state index < -0.39 is 0 Å². The zero-order valence-corrected chi connectivity index (χ0v) is 10.6. The normalized spacial score (nSPS) is 15.4. The van der Waals surface area contributed by atoms with E-state index in [1.165, 1.54) is 0 Å². The second-order valence-electron chi connectivity index (χ2n) is 2.97. The third kappa shape index (κ3) is 2.77. The standard InChI is InChI=1S/C9H12ClIN2/c1-3-7(10)6(2)9-8(11)4-12-5-13-9/h4-7H,3H2,1-2H3. The van der Waals surface area contributed by atoms with Crippen LogP contribution in [0.4, 0.5) is 0 Å². The molecule has 1 aromatic heterocycles. The molecule has 2 atom stereocenters. The van der Waals surface area contributed by atoms with Gasteiger partial charge in [0, 0.05) is 17.5 Å². The maximum atomic E-state index is 6.16. The molecule has 0 saturated heterocycles. The van der Waals surface area contributed by atoms with Gasteiger partial charge in [0.15, 0.2) is 0 Å². The molecule has 0 aromatic carbocycles. The first kappa shape index (κ1) is 11.2. The van der Waals surface area contributed by atoms with Crippen molar-refractivity contribution in [3.8, 4) is 0 Å². The third-order valence-corrected chi connectivity index (χ3v) is 3.58. The van der Waals surface area contributed by atoms with E-state index >= 15 is 0 Å². The second-order valence-corrected chi connectivity index (χ2v) is 4.69. The van der Waals surface area contributed by atoms with Gasteiger partial charge < -0.3 is 0 Å². The van der Waals surface area contributed by atoms with E-state index in [1.54, 1.807) is 6.33 Å². The fraction of sp³-hybridized carbons (Fsp3) is 0.556. The van der Waals surface area contributed by atoms with Crippen LogP contribution in [-0.4, -0.2) is 15.3 Å². The molecule has 0 fully saturated rings. The van der Waals surface area contributed by atoms with E-state index in [2.05, 4.69) is 46.4 Å². The average molecular weight is 311 g/mol. The summed E-state index contributed by atoms with van der Waals surface area (Å²) in [5, 5.41) is 0.156. The number of rotatable bonds is 3. The summed E-state index contributed by atoms with van der Waals surface area (Å²) in [4.78, 5) is 8.19. The van der Waals surface area contributed by atoms with Crippen LogP contribution in [0.25, 0.3) is 0 Å². The van der Waals surface area contributed by atoms with Crippen LogP contribution in [0.15, 0.2) is 12.5 Å². The molecule has 4 heteroatoms. The molecule has 2 nitrogen and oxygen atoms in total. The minimum absolute atomic E-state index is 0.156. The lowest BCUT2D eigenvalue weighted by Crippen LogP contribution is -2.11. The molecular weight excluding hydrogens is 298 g/mol. The van der Waals surface area contributed by atoms with Gasteiger partial charge in [0.05, 0.1) is 9.26 Å². The molecule has 2 unspecified atom stereocenters. The lowest BCUT2D eigenvalue weighted by molar-refractivity contribution is 0.651. The highest BCUT2D eigenvalue weighted by Crippen LogP contribution is 2.26. The Morgan fingerprint density at radius 1 is 1.62 bits per heavy atom. The van der Waals surface area contributed by atoms with Crippen LogP contribution in [0.2, 0.25) is 0 Å². The minimum atomic E-state index is 0.156. The Kier molecular flexibility index (Phi) is 4.38. The molecule has 0 N–H and O–H groups in total. The van der Waals surface area contributed by atoms with Crippen molar-refractivity contribution in [1.29, 1.82) is 0 Å². The van der Waals surface area contributed by atoms with Crippen molar-refractivity contribution < 1.29 is 0 Å². The highest BCUT2D eigenvalue weighted by Gasteiger charge is 2.17. The van der Waals surface area contributed by atoms with Crippen LogP contribution in [0.3, 0.4) is 0 Å². The monoisotopic (exact) mass is 310 g/mol. The fourth-order valence-electron chi connectivity index (χ4n) is 1.18. The van der Waals surface area contributed by atoms with E-state index in [4.69, 9.17) is 11.6 Å². The predicted molar refractivity (Wildman–Crippen MR) is 63.1 cm³/mol. The highest BCUT2D eigenvalue weighted by atomic mass is 127. The van der Waals surface area contributed by atoms with E-state index in [0.29, 0.717) is 5.92 Å². The Morgan fingerprint density at radius 3 is 2.85 bits per heavy atom. The molecule has 0 radical (unpaired) electrons. The van der Waals surface area contributed by atoms with Gasteiger partial charge in [-0.15, -0.1) is 11.6 Å².